The Bertz CT molecular complexity index is 673. The van der Waals surface area contributed by atoms with Gasteiger partial charge in [0.2, 0.25) is 5.91 Å². The fourth-order valence-electron chi connectivity index (χ4n) is 1.80. The largest absolute Gasteiger partial charge is 0.376 e. The van der Waals surface area contributed by atoms with Gasteiger partial charge in [0.15, 0.2) is 0 Å². The Kier molecular flexibility index (Phi) is 4.96. The molecule has 21 heavy (non-hydrogen) atoms. The van der Waals surface area contributed by atoms with E-state index in [9.17, 15) is 9.18 Å². The lowest BCUT2D eigenvalue weighted by Gasteiger charge is -2.10. The first-order valence-corrected chi connectivity index (χ1v) is 7.31. The highest BCUT2D eigenvalue weighted by Crippen LogP contribution is 2.23. The Hall–Kier alpha value is -1.88. The van der Waals surface area contributed by atoms with E-state index in [0.717, 1.165) is 10.0 Å². The second kappa shape index (κ2) is 6.72. The molecular weight excluding hydrogens is 335 g/mol. The van der Waals surface area contributed by atoms with Crippen LogP contribution in [0.1, 0.15) is 11.1 Å². The zero-order valence-corrected chi connectivity index (χ0v) is 13.4. The standard InChI is InChI=1S/C16H16BrFN2O/c1-10-3-6-15(13(17)7-10)20-16(21)9-19-12-5-4-11(2)14(18)8-12/h3-8,19H,9H2,1-2H3,(H,20,21). The van der Waals surface area contributed by atoms with Gasteiger partial charge in [0, 0.05) is 10.2 Å². The monoisotopic (exact) mass is 350 g/mol. The summed E-state index contributed by atoms with van der Waals surface area (Å²) in [7, 11) is 0. The van der Waals surface area contributed by atoms with E-state index >= 15 is 0 Å². The van der Waals surface area contributed by atoms with Crippen LogP contribution < -0.4 is 10.6 Å². The van der Waals surface area contributed by atoms with Crippen LogP contribution in [0.15, 0.2) is 40.9 Å². The molecule has 2 N–H and O–H groups in total. The van der Waals surface area contributed by atoms with Crippen molar-refractivity contribution in [3.8, 4) is 0 Å². The first kappa shape index (κ1) is 15.5. The molecule has 0 spiro atoms. The van der Waals surface area contributed by atoms with Crippen molar-refractivity contribution in [3.05, 3.63) is 57.8 Å². The second-order valence-electron chi connectivity index (χ2n) is 4.85. The number of nitrogens with one attached hydrogen (secondary N) is 2. The van der Waals surface area contributed by atoms with Crippen molar-refractivity contribution in [1.29, 1.82) is 0 Å². The Morgan fingerprint density at radius 3 is 2.62 bits per heavy atom. The molecule has 3 nitrogen and oxygen atoms in total. The van der Waals surface area contributed by atoms with E-state index in [1.165, 1.54) is 6.07 Å². The predicted molar refractivity (Wildman–Crippen MR) is 87.1 cm³/mol. The number of hydrogen-bond donors (Lipinski definition) is 2. The van der Waals surface area contributed by atoms with Gasteiger partial charge in [-0.2, -0.15) is 0 Å². The Morgan fingerprint density at radius 1 is 1.19 bits per heavy atom. The van der Waals surface area contributed by atoms with Crippen LogP contribution in [-0.4, -0.2) is 12.5 Å². The minimum absolute atomic E-state index is 0.0722. The highest BCUT2D eigenvalue weighted by molar-refractivity contribution is 9.10. The molecule has 0 aromatic heterocycles. The van der Waals surface area contributed by atoms with Crippen LogP contribution in [0.5, 0.6) is 0 Å². The SMILES string of the molecule is Cc1ccc(NC(=O)CNc2ccc(C)c(F)c2)c(Br)c1. The first-order chi connectivity index (χ1) is 9.95. The molecule has 0 saturated heterocycles. The van der Waals surface area contributed by atoms with Gasteiger partial charge in [-0.15, -0.1) is 0 Å². The molecular formula is C16H16BrFN2O. The molecule has 0 aliphatic carbocycles. The van der Waals surface area contributed by atoms with Crippen molar-refractivity contribution in [2.75, 3.05) is 17.2 Å². The van der Waals surface area contributed by atoms with E-state index < -0.39 is 0 Å². The third-order valence-electron chi connectivity index (χ3n) is 3.02. The lowest BCUT2D eigenvalue weighted by Crippen LogP contribution is -2.22. The summed E-state index contributed by atoms with van der Waals surface area (Å²) in [6.07, 6.45) is 0. The summed E-state index contributed by atoms with van der Waals surface area (Å²) in [6.45, 7) is 3.74. The molecule has 2 aromatic carbocycles. The van der Waals surface area contributed by atoms with Gasteiger partial charge in [0.05, 0.1) is 12.2 Å². The molecule has 2 rings (SSSR count). The van der Waals surface area contributed by atoms with E-state index in [2.05, 4.69) is 26.6 Å². The summed E-state index contributed by atoms with van der Waals surface area (Å²) in [4.78, 5) is 11.9. The highest BCUT2D eigenvalue weighted by atomic mass is 79.9. The molecule has 0 radical (unpaired) electrons. The molecule has 0 heterocycles. The lowest BCUT2D eigenvalue weighted by atomic mass is 10.2. The zero-order chi connectivity index (χ0) is 15.4. The zero-order valence-electron chi connectivity index (χ0n) is 11.8. The average molecular weight is 351 g/mol. The molecule has 2 aromatic rings. The molecule has 5 heteroatoms. The summed E-state index contributed by atoms with van der Waals surface area (Å²) in [5.41, 5.74) is 2.97. The molecule has 0 aliphatic rings. The fraction of sp³-hybridized carbons (Fsp3) is 0.188. The van der Waals surface area contributed by atoms with Gasteiger partial charge < -0.3 is 10.6 Å². The molecule has 110 valence electrons. The quantitative estimate of drug-likeness (QED) is 0.864. The van der Waals surface area contributed by atoms with Crippen molar-refractivity contribution in [2.24, 2.45) is 0 Å². The lowest BCUT2D eigenvalue weighted by molar-refractivity contribution is -0.114. The third kappa shape index (κ3) is 4.29. The number of rotatable bonds is 4. The highest BCUT2D eigenvalue weighted by Gasteiger charge is 2.06. The normalized spacial score (nSPS) is 10.3. The van der Waals surface area contributed by atoms with E-state index in [0.29, 0.717) is 16.9 Å². The van der Waals surface area contributed by atoms with Crippen molar-refractivity contribution < 1.29 is 9.18 Å². The number of benzene rings is 2. The maximum atomic E-state index is 13.4. The van der Waals surface area contributed by atoms with Gasteiger partial charge in [-0.1, -0.05) is 12.1 Å². The Labute approximate surface area is 131 Å². The molecule has 0 fully saturated rings. The molecule has 1 amide bonds. The number of halogens is 2. The fourth-order valence-corrected chi connectivity index (χ4v) is 2.39. The number of hydrogen-bond acceptors (Lipinski definition) is 2. The topological polar surface area (TPSA) is 41.1 Å². The van der Waals surface area contributed by atoms with Gasteiger partial charge >= 0.3 is 0 Å². The van der Waals surface area contributed by atoms with Gasteiger partial charge in [0.1, 0.15) is 5.82 Å². The van der Waals surface area contributed by atoms with Crippen molar-refractivity contribution >= 4 is 33.2 Å². The van der Waals surface area contributed by atoms with Crippen LogP contribution in [-0.2, 0) is 4.79 Å². The summed E-state index contributed by atoms with van der Waals surface area (Å²) >= 11 is 3.40. The van der Waals surface area contributed by atoms with E-state index in [1.807, 2.05) is 25.1 Å². The summed E-state index contributed by atoms with van der Waals surface area (Å²) in [5, 5.41) is 5.69. The first-order valence-electron chi connectivity index (χ1n) is 6.52. The van der Waals surface area contributed by atoms with Crippen molar-refractivity contribution in [2.45, 2.75) is 13.8 Å². The number of anilines is 2. The van der Waals surface area contributed by atoms with E-state index in [1.54, 1.807) is 19.1 Å². The summed E-state index contributed by atoms with van der Waals surface area (Å²) in [6, 6.07) is 10.5. The maximum absolute atomic E-state index is 13.4. The third-order valence-corrected chi connectivity index (χ3v) is 3.68. The van der Waals surface area contributed by atoms with Gasteiger partial charge in [-0.05, 0) is 65.2 Å². The molecule has 0 bridgehead atoms. The number of aryl methyl sites for hydroxylation is 2. The number of carbonyl (C=O) groups excluding carboxylic acids is 1. The van der Waals surface area contributed by atoms with Crippen molar-refractivity contribution in [1.82, 2.24) is 0 Å². The van der Waals surface area contributed by atoms with Crippen LogP contribution in [0.25, 0.3) is 0 Å². The molecule has 0 saturated carbocycles. The summed E-state index contributed by atoms with van der Waals surface area (Å²) < 4.78 is 14.2. The van der Waals surface area contributed by atoms with Crippen LogP contribution in [0, 0.1) is 19.7 Å². The van der Waals surface area contributed by atoms with Crippen LogP contribution in [0.4, 0.5) is 15.8 Å². The van der Waals surface area contributed by atoms with Crippen LogP contribution >= 0.6 is 15.9 Å². The smallest absolute Gasteiger partial charge is 0.243 e. The molecule has 0 aliphatic heterocycles. The molecule has 0 unspecified atom stereocenters. The Balaban J connectivity index is 1.94. The van der Waals surface area contributed by atoms with Gasteiger partial charge in [0.25, 0.3) is 0 Å². The van der Waals surface area contributed by atoms with E-state index in [4.69, 9.17) is 0 Å². The second-order valence-corrected chi connectivity index (χ2v) is 5.70. The number of carbonyl (C=O) groups is 1. The average Bonchev–Trinajstić information content (AvgIpc) is 2.43. The van der Waals surface area contributed by atoms with Crippen LogP contribution in [0.2, 0.25) is 0 Å². The Morgan fingerprint density at radius 2 is 1.95 bits per heavy atom. The summed E-state index contributed by atoms with van der Waals surface area (Å²) in [5.74, 6) is -0.484. The molecule has 0 atom stereocenters. The van der Waals surface area contributed by atoms with Crippen LogP contribution in [0.3, 0.4) is 0 Å². The van der Waals surface area contributed by atoms with Gasteiger partial charge in [-0.3, -0.25) is 4.79 Å². The number of amides is 1. The minimum atomic E-state index is -0.290. The minimum Gasteiger partial charge on any atom is -0.376 e. The maximum Gasteiger partial charge on any atom is 0.243 e. The van der Waals surface area contributed by atoms with Gasteiger partial charge in [-0.25, -0.2) is 4.39 Å². The van der Waals surface area contributed by atoms with Crippen molar-refractivity contribution in [3.63, 3.8) is 0 Å². The predicted octanol–water partition coefficient (Wildman–Crippen LogP) is 4.26. The van der Waals surface area contributed by atoms with E-state index in [-0.39, 0.29) is 18.3 Å².